The van der Waals surface area contributed by atoms with Gasteiger partial charge in [0.2, 0.25) is 0 Å². The van der Waals surface area contributed by atoms with Gasteiger partial charge in [-0.1, -0.05) is 38.1 Å². The molecular formula is C14H15IOS. The molecule has 2 rings (SSSR count). The van der Waals surface area contributed by atoms with Gasteiger partial charge in [0.05, 0.1) is 2.88 Å². The Kier molecular flexibility index (Phi) is 4.22. The summed E-state index contributed by atoms with van der Waals surface area (Å²) in [7, 11) is 0. The van der Waals surface area contributed by atoms with Crippen molar-refractivity contribution in [3.05, 3.63) is 55.3 Å². The number of thiophene rings is 1. The van der Waals surface area contributed by atoms with E-state index in [1.54, 1.807) is 11.3 Å². The summed E-state index contributed by atoms with van der Waals surface area (Å²) >= 11 is 3.94. The summed E-state index contributed by atoms with van der Waals surface area (Å²) in [6.45, 7) is 4.35. The van der Waals surface area contributed by atoms with E-state index >= 15 is 0 Å². The minimum absolute atomic E-state index is 0.504. The second-order valence-electron chi connectivity index (χ2n) is 4.41. The van der Waals surface area contributed by atoms with E-state index in [4.69, 9.17) is 0 Å². The van der Waals surface area contributed by atoms with Crippen molar-refractivity contribution in [3.63, 3.8) is 0 Å². The predicted octanol–water partition coefficient (Wildman–Crippen LogP) is 4.56. The maximum Gasteiger partial charge on any atom is 0.105 e. The first-order chi connectivity index (χ1) is 8.08. The number of hydrogen-bond acceptors (Lipinski definition) is 2. The Bertz CT molecular complexity index is 487. The third-order valence-electron chi connectivity index (χ3n) is 2.82. The minimum atomic E-state index is -0.504. The van der Waals surface area contributed by atoms with Crippen molar-refractivity contribution in [2.45, 2.75) is 25.9 Å². The first-order valence-corrected chi connectivity index (χ1v) is 7.55. The normalized spacial score (nSPS) is 13.0. The lowest BCUT2D eigenvalue weighted by Crippen LogP contribution is -1.98. The standard InChI is InChI=1S/C14H15IOS/c1-9(2)10-3-5-11(6-4-10)14(16)12-7-13(15)17-8-12/h3-9,14,16H,1-2H3. The molecule has 0 aliphatic carbocycles. The van der Waals surface area contributed by atoms with Crippen LogP contribution in [-0.4, -0.2) is 5.11 Å². The molecule has 1 atom stereocenters. The molecule has 1 unspecified atom stereocenters. The smallest absolute Gasteiger partial charge is 0.105 e. The maximum atomic E-state index is 10.2. The first kappa shape index (κ1) is 13.1. The zero-order valence-corrected chi connectivity index (χ0v) is 12.8. The fourth-order valence-electron chi connectivity index (χ4n) is 1.72. The summed E-state index contributed by atoms with van der Waals surface area (Å²) in [5.74, 6) is 0.531. The van der Waals surface area contributed by atoms with Crippen LogP contribution in [0.2, 0.25) is 0 Å². The van der Waals surface area contributed by atoms with Crippen LogP contribution in [0.4, 0.5) is 0 Å². The van der Waals surface area contributed by atoms with Crippen molar-refractivity contribution >= 4 is 33.9 Å². The lowest BCUT2D eigenvalue weighted by Gasteiger charge is -2.11. The van der Waals surface area contributed by atoms with E-state index in [-0.39, 0.29) is 0 Å². The van der Waals surface area contributed by atoms with E-state index in [0.717, 1.165) is 11.1 Å². The number of halogens is 1. The average Bonchev–Trinajstić information content (AvgIpc) is 2.75. The van der Waals surface area contributed by atoms with Crippen LogP contribution in [0.5, 0.6) is 0 Å². The largest absolute Gasteiger partial charge is 0.384 e. The van der Waals surface area contributed by atoms with Crippen LogP contribution in [0.1, 0.15) is 42.6 Å². The molecule has 3 heteroatoms. The molecule has 0 saturated carbocycles. The van der Waals surface area contributed by atoms with Crippen LogP contribution in [0, 0.1) is 2.88 Å². The average molecular weight is 358 g/mol. The molecule has 1 heterocycles. The van der Waals surface area contributed by atoms with Gasteiger partial charge in [-0.2, -0.15) is 0 Å². The molecule has 1 aromatic heterocycles. The van der Waals surface area contributed by atoms with Crippen LogP contribution in [0.3, 0.4) is 0 Å². The molecule has 0 bridgehead atoms. The van der Waals surface area contributed by atoms with E-state index in [0.29, 0.717) is 5.92 Å². The van der Waals surface area contributed by atoms with Crippen molar-refractivity contribution in [3.8, 4) is 0 Å². The Morgan fingerprint density at radius 1 is 1.06 bits per heavy atom. The number of aliphatic hydroxyl groups is 1. The molecule has 0 spiro atoms. The summed E-state index contributed by atoms with van der Waals surface area (Å²) in [6.07, 6.45) is -0.504. The lowest BCUT2D eigenvalue weighted by molar-refractivity contribution is 0.221. The van der Waals surface area contributed by atoms with Gasteiger partial charge in [-0.15, -0.1) is 11.3 Å². The van der Waals surface area contributed by atoms with Crippen molar-refractivity contribution in [1.29, 1.82) is 0 Å². The van der Waals surface area contributed by atoms with Crippen LogP contribution in [-0.2, 0) is 0 Å². The van der Waals surface area contributed by atoms with Gasteiger partial charge < -0.3 is 5.11 Å². The van der Waals surface area contributed by atoms with E-state index in [9.17, 15) is 5.11 Å². The molecule has 0 radical (unpaired) electrons. The summed E-state index contributed by atoms with van der Waals surface area (Å²) in [5.41, 5.74) is 3.25. The molecule has 90 valence electrons. The van der Waals surface area contributed by atoms with Crippen molar-refractivity contribution < 1.29 is 5.11 Å². The zero-order chi connectivity index (χ0) is 12.4. The molecule has 17 heavy (non-hydrogen) atoms. The zero-order valence-electron chi connectivity index (χ0n) is 9.85. The van der Waals surface area contributed by atoms with Gasteiger partial charge in [-0.25, -0.2) is 0 Å². The second kappa shape index (κ2) is 5.50. The minimum Gasteiger partial charge on any atom is -0.384 e. The summed E-state index contributed by atoms with van der Waals surface area (Å²) in [6, 6.07) is 10.3. The molecule has 1 N–H and O–H groups in total. The van der Waals surface area contributed by atoms with E-state index in [1.165, 1.54) is 8.45 Å². The molecule has 1 nitrogen and oxygen atoms in total. The van der Waals surface area contributed by atoms with Gasteiger partial charge in [-0.05, 0) is 56.6 Å². The molecule has 2 aromatic rings. The van der Waals surface area contributed by atoms with Crippen molar-refractivity contribution in [2.24, 2.45) is 0 Å². The van der Waals surface area contributed by atoms with Crippen molar-refractivity contribution in [1.82, 2.24) is 0 Å². The highest BCUT2D eigenvalue weighted by atomic mass is 127. The van der Waals surface area contributed by atoms with Crippen LogP contribution in [0.15, 0.2) is 35.7 Å². The third kappa shape index (κ3) is 3.09. The predicted molar refractivity (Wildman–Crippen MR) is 81.6 cm³/mol. The van der Waals surface area contributed by atoms with Gasteiger partial charge in [0.25, 0.3) is 0 Å². The fourth-order valence-corrected chi connectivity index (χ4v) is 3.11. The molecule has 0 amide bonds. The highest BCUT2D eigenvalue weighted by Crippen LogP contribution is 2.28. The topological polar surface area (TPSA) is 20.2 Å². The van der Waals surface area contributed by atoms with Crippen LogP contribution < -0.4 is 0 Å². The Labute approximate surface area is 120 Å². The molecular weight excluding hydrogens is 343 g/mol. The van der Waals surface area contributed by atoms with Gasteiger partial charge in [0.15, 0.2) is 0 Å². The molecule has 1 aromatic carbocycles. The lowest BCUT2D eigenvalue weighted by atomic mass is 9.98. The Balaban J connectivity index is 2.22. The number of hydrogen-bond donors (Lipinski definition) is 1. The Morgan fingerprint density at radius 2 is 1.65 bits per heavy atom. The monoisotopic (exact) mass is 358 g/mol. The number of rotatable bonds is 3. The quantitative estimate of drug-likeness (QED) is 0.798. The third-order valence-corrected chi connectivity index (χ3v) is 4.63. The molecule has 0 aliphatic rings. The Hall–Kier alpha value is -0.390. The van der Waals surface area contributed by atoms with Crippen LogP contribution >= 0.6 is 33.9 Å². The van der Waals surface area contributed by atoms with E-state index < -0.39 is 6.10 Å². The summed E-state index contributed by atoms with van der Waals surface area (Å²) in [4.78, 5) is 0. The van der Waals surface area contributed by atoms with Crippen molar-refractivity contribution in [2.75, 3.05) is 0 Å². The fraction of sp³-hybridized carbons (Fsp3) is 0.286. The maximum absolute atomic E-state index is 10.2. The van der Waals surface area contributed by atoms with E-state index in [2.05, 4.69) is 48.6 Å². The Morgan fingerprint density at radius 3 is 2.12 bits per heavy atom. The summed E-state index contributed by atoms with van der Waals surface area (Å²) < 4.78 is 1.20. The SMILES string of the molecule is CC(C)c1ccc(C(O)c2csc(I)c2)cc1. The number of aliphatic hydroxyl groups excluding tert-OH is 1. The highest BCUT2D eigenvalue weighted by Gasteiger charge is 2.12. The van der Waals surface area contributed by atoms with Gasteiger partial charge >= 0.3 is 0 Å². The first-order valence-electron chi connectivity index (χ1n) is 5.60. The molecule has 0 fully saturated rings. The summed E-state index contributed by atoms with van der Waals surface area (Å²) in [5, 5.41) is 12.3. The van der Waals surface area contributed by atoms with Gasteiger partial charge in [-0.3, -0.25) is 0 Å². The highest BCUT2D eigenvalue weighted by molar-refractivity contribution is 14.1. The number of benzene rings is 1. The van der Waals surface area contributed by atoms with Gasteiger partial charge in [0, 0.05) is 0 Å². The molecule has 0 aliphatic heterocycles. The molecule has 0 saturated heterocycles. The van der Waals surface area contributed by atoms with E-state index in [1.807, 2.05) is 23.6 Å². The second-order valence-corrected chi connectivity index (χ2v) is 7.21. The van der Waals surface area contributed by atoms with Gasteiger partial charge in [0.1, 0.15) is 6.10 Å². The van der Waals surface area contributed by atoms with Crippen LogP contribution in [0.25, 0.3) is 0 Å².